The first kappa shape index (κ1) is 20.2. The maximum absolute atomic E-state index is 13.8. The third-order valence-corrected chi connectivity index (χ3v) is 7.26. The second-order valence-corrected chi connectivity index (χ2v) is 9.30. The zero-order valence-electron chi connectivity index (χ0n) is 17.1. The van der Waals surface area contributed by atoms with Crippen LogP contribution >= 0.6 is 15.9 Å². The van der Waals surface area contributed by atoms with Gasteiger partial charge in [-0.05, 0) is 29.8 Å². The standard InChI is InChI=1S/C26H16BrNO5/c27-15-10-12-16(13-11-15)28-24(31)19-20(25(28)32)26(33-21(19)14-6-2-1-3-7-14)22(29)17-8-4-5-9-18(17)23(26)30/h1-13,19-21H/t19-,20-,21-/m0/s1. The molecule has 0 unspecified atom stereocenters. The van der Waals surface area contributed by atoms with Crippen molar-refractivity contribution in [3.63, 3.8) is 0 Å². The highest BCUT2D eigenvalue weighted by Gasteiger charge is 2.74. The first-order chi connectivity index (χ1) is 15.9. The van der Waals surface area contributed by atoms with Gasteiger partial charge in [0.05, 0.1) is 23.6 Å². The van der Waals surface area contributed by atoms with E-state index < -0.39 is 46.9 Å². The van der Waals surface area contributed by atoms with Crippen molar-refractivity contribution in [3.8, 4) is 0 Å². The number of imide groups is 1. The van der Waals surface area contributed by atoms with E-state index >= 15 is 0 Å². The van der Waals surface area contributed by atoms with E-state index in [0.29, 0.717) is 11.3 Å². The van der Waals surface area contributed by atoms with Crippen molar-refractivity contribution < 1.29 is 23.9 Å². The smallest absolute Gasteiger partial charge is 0.241 e. The Bertz CT molecular complexity index is 1320. The number of ether oxygens (including phenoxy) is 1. The van der Waals surface area contributed by atoms with Crippen molar-refractivity contribution in [2.45, 2.75) is 11.7 Å². The van der Waals surface area contributed by atoms with Gasteiger partial charge in [-0.3, -0.25) is 19.2 Å². The maximum atomic E-state index is 13.8. The SMILES string of the molecule is O=C1[C@H]2[C@@H](C(=O)N1c1ccc(Br)cc1)C1(O[C@H]2c2ccccc2)C(=O)c2ccccc2C1=O. The van der Waals surface area contributed by atoms with E-state index in [-0.39, 0.29) is 11.1 Å². The molecule has 6 nitrogen and oxygen atoms in total. The molecule has 7 heteroatoms. The quantitative estimate of drug-likeness (QED) is 0.389. The number of nitrogens with zero attached hydrogens (tertiary/aromatic N) is 1. The number of benzene rings is 3. The molecule has 0 N–H and O–H groups in total. The molecule has 3 atom stereocenters. The van der Waals surface area contributed by atoms with E-state index in [1.165, 1.54) is 0 Å². The van der Waals surface area contributed by atoms with Crippen LogP contribution in [0.4, 0.5) is 5.69 Å². The van der Waals surface area contributed by atoms with Crippen molar-refractivity contribution in [3.05, 3.63) is 100 Å². The fourth-order valence-electron chi connectivity index (χ4n) is 5.31. The Morgan fingerprint density at radius 2 is 1.30 bits per heavy atom. The van der Waals surface area contributed by atoms with E-state index in [1.807, 2.05) is 6.07 Å². The maximum Gasteiger partial charge on any atom is 0.241 e. The van der Waals surface area contributed by atoms with Gasteiger partial charge in [-0.2, -0.15) is 0 Å². The van der Waals surface area contributed by atoms with Gasteiger partial charge < -0.3 is 4.74 Å². The predicted molar refractivity (Wildman–Crippen MR) is 122 cm³/mol. The third kappa shape index (κ3) is 2.57. The number of hydrogen-bond donors (Lipinski definition) is 0. The predicted octanol–water partition coefficient (Wildman–Crippen LogP) is 4.14. The van der Waals surface area contributed by atoms with Crippen molar-refractivity contribution in [1.82, 2.24) is 0 Å². The summed E-state index contributed by atoms with van der Waals surface area (Å²) >= 11 is 3.36. The van der Waals surface area contributed by atoms with Gasteiger partial charge in [-0.15, -0.1) is 0 Å². The van der Waals surface area contributed by atoms with Crippen LogP contribution in [-0.4, -0.2) is 29.0 Å². The number of rotatable bonds is 2. The molecule has 33 heavy (non-hydrogen) atoms. The molecule has 2 saturated heterocycles. The molecule has 3 aliphatic rings. The van der Waals surface area contributed by atoms with Gasteiger partial charge in [0.25, 0.3) is 0 Å². The molecular formula is C26H16BrNO5. The number of carbonyl (C=O) groups excluding carboxylic acids is 4. The molecule has 0 radical (unpaired) electrons. The molecule has 0 bridgehead atoms. The number of fused-ring (bicyclic) bond motifs is 3. The normalized spacial score (nSPS) is 25.1. The van der Waals surface area contributed by atoms with Crippen LogP contribution in [0.15, 0.2) is 83.3 Å². The molecule has 0 aromatic heterocycles. The fourth-order valence-corrected chi connectivity index (χ4v) is 5.57. The van der Waals surface area contributed by atoms with Gasteiger partial charge in [-0.25, -0.2) is 4.90 Å². The molecular weight excluding hydrogens is 486 g/mol. The number of anilines is 1. The Hall–Kier alpha value is -3.42. The van der Waals surface area contributed by atoms with E-state index in [4.69, 9.17) is 4.74 Å². The molecule has 2 fully saturated rings. The molecule has 3 aromatic rings. The highest BCUT2D eigenvalue weighted by Crippen LogP contribution is 2.57. The Labute approximate surface area is 197 Å². The average molecular weight is 502 g/mol. The van der Waals surface area contributed by atoms with Gasteiger partial charge >= 0.3 is 0 Å². The van der Waals surface area contributed by atoms with E-state index in [1.54, 1.807) is 72.8 Å². The van der Waals surface area contributed by atoms with Crippen LogP contribution in [0.1, 0.15) is 32.4 Å². The van der Waals surface area contributed by atoms with Crippen LogP contribution in [0.25, 0.3) is 0 Å². The number of ketones is 2. The summed E-state index contributed by atoms with van der Waals surface area (Å²) in [5, 5.41) is 0. The summed E-state index contributed by atoms with van der Waals surface area (Å²) in [5.74, 6) is -4.43. The zero-order valence-corrected chi connectivity index (χ0v) is 18.7. The molecule has 3 aromatic carbocycles. The molecule has 162 valence electrons. The van der Waals surface area contributed by atoms with Gasteiger partial charge in [0.2, 0.25) is 29.0 Å². The number of Topliss-reactive ketones (excluding diaryl/α,β-unsaturated/α-hetero) is 2. The lowest BCUT2D eigenvalue weighted by molar-refractivity contribution is -0.127. The molecule has 0 saturated carbocycles. The van der Waals surface area contributed by atoms with Crippen molar-refractivity contribution >= 4 is 45.0 Å². The van der Waals surface area contributed by atoms with Crippen LogP contribution in [0, 0.1) is 11.8 Å². The van der Waals surface area contributed by atoms with Crippen LogP contribution < -0.4 is 4.90 Å². The molecule has 6 rings (SSSR count). The summed E-state index contributed by atoms with van der Waals surface area (Å²) in [4.78, 5) is 55.9. The summed E-state index contributed by atoms with van der Waals surface area (Å²) in [5.41, 5.74) is -0.583. The second-order valence-electron chi connectivity index (χ2n) is 8.38. The largest absolute Gasteiger partial charge is 0.349 e. The topological polar surface area (TPSA) is 80.8 Å². The Morgan fingerprint density at radius 3 is 1.91 bits per heavy atom. The van der Waals surface area contributed by atoms with Crippen molar-refractivity contribution in [1.29, 1.82) is 0 Å². The minimum Gasteiger partial charge on any atom is -0.349 e. The van der Waals surface area contributed by atoms with Crippen LogP contribution in [0.3, 0.4) is 0 Å². The van der Waals surface area contributed by atoms with E-state index in [9.17, 15) is 19.2 Å². The summed E-state index contributed by atoms with van der Waals surface area (Å²) in [6.45, 7) is 0. The highest BCUT2D eigenvalue weighted by molar-refractivity contribution is 9.10. The molecule has 2 aliphatic heterocycles. The fraction of sp³-hybridized carbons (Fsp3) is 0.154. The molecule has 2 amide bonds. The minimum atomic E-state index is -2.05. The van der Waals surface area contributed by atoms with Crippen molar-refractivity contribution in [2.75, 3.05) is 4.90 Å². The highest BCUT2D eigenvalue weighted by atomic mass is 79.9. The monoisotopic (exact) mass is 501 g/mol. The second kappa shape index (κ2) is 7.04. The zero-order chi connectivity index (χ0) is 22.9. The summed E-state index contributed by atoms with van der Waals surface area (Å²) in [6, 6.07) is 22.2. The lowest BCUT2D eigenvalue weighted by Crippen LogP contribution is -2.51. The van der Waals surface area contributed by atoms with Gasteiger partial charge in [0.1, 0.15) is 0 Å². The Balaban J connectivity index is 1.55. The first-order valence-corrected chi connectivity index (χ1v) is 11.3. The van der Waals surface area contributed by atoms with Crippen LogP contribution in [-0.2, 0) is 14.3 Å². The molecule has 1 spiro atoms. The first-order valence-electron chi connectivity index (χ1n) is 10.5. The minimum absolute atomic E-state index is 0.220. The summed E-state index contributed by atoms with van der Waals surface area (Å²) in [7, 11) is 0. The molecule has 1 aliphatic carbocycles. The Morgan fingerprint density at radius 1 is 0.727 bits per heavy atom. The summed E-state index contributed by atoms with van der Waals surface area (Å²) in [6.07, 6.45) is -0.907. The lowest BCUT2D eigenvalue weighted by atomic mass is 9.77. The average Bonchev–Trinajstić information content (AvgIpc) is 3.41. The van der Waals surface area contributed by atoms with E-state index in [0.717, 1.165) is 9.37 Å². The van der Waals surface area contributed by atoms with Gasteiger partial charge in [-0.1, -0.05) is 70.5 Å². The Kier molecular flexibility index (Phi) is 4.31. The number of halogens is 1. The number of carbonyl (C=O) groups is 4. The van der Waals surface area contributed by atoms with Crippen LogP contribution in [0.5, 0.6) is 0 Å². The van der Waals surface area contributed by atoms with Gasteiger partial charge in [0.15, 0.2) is 0 Å². The molecule has 2 heterocycles. The number of amides is 2. The van der Waals surface area contributed by atoms with Gasteiger partial charge in [0, 0.05) is 15.6 Å². The van der Waals surface area contributed by atoms with E-state index in [2.05, 4.69) is 15.9 Å². The number of hydrogen-bond acceptors (Lipinski definition) is 5. The summed E-state index contributed by atoms with van der Waals surface area (Å²) < 4.78 is 7.03. The lowest BCUT2D eigenvalue weighted by Gasteiger charge is -2.27. The third-order valence-electron chi connectivity index (χ3n) is 6.73. The van der Waals surface area contributed by atoms with Crippen molar-refractivity contribution in [2.24, 2.45) is 11.8 Å². The van der Waals surface area contributed by atoms with Crippen LogP contribution in [0.2, 0.25) is 0 Å².